The normalized spacial score (nSPS) is 32.1. The summed E-state index contributed by atoms with van der Waals surface area (Å²) in [7, 11) is -3.34. The van der Waals surface area contributed by atoms with Gasteiger partial charge in [0, 0.05) is 38.8 Å². The van der Waals surface area contributed by atoms with Crippen LogP contribution in [0.3, 0.4) is 0 Å². The molecule has 3 heterocycles. The van der Waals surface area contributed by atoms with Crippen molar-refractivity contribution in [1.82, 2.24) is 15.1 Å². The molecule has 2 amide bonds. The van der Waals surface area contributed by atoms with E-state index < -0.39 is 27.9 Å². The first-order valence-corrected chi connectivity index (χ1v) is 11.2. The maximum absolute atomic E-state index is 12.9. The SMILES string of the molecule is CC(C)N1CCN(C(=O)[C@@H]2CS(=O)(=O)C[C@H]2NC(=O)[C@@H]2CCCO2)CC1. The van der Waals surface area contributed by atoms with Gasteiger partial charge in [0.15, 0.2) is 9.84 Å². The summed E-state index contributed by atoms with van der Waals surface area (Å²) in [5.74, 6) is -1.52. The number of ether oxygens (including phenoxy) is 1. The van der Waals surface area contributed by atoms with Gasteiger partial charge in [0.2, 0.25) is 11.8 Å². The molecule has 148 valence electrons. The Morgan fingerprint density at radius 2 is 1.81 bits per heavy atom. The minimum absolute atomic E-state index is 0.160. The highest BCUT2D eigenvalue weighted by atomic mass is 32.2. The first-order valence-electron chi connectivity index (χ1n) is 9.42. The van der Waals surface area contributed by atoms with Crippen molar-refractivity contribution in [2.45, 2.75) is 44.9 Å². The first-order chi connectivity index (χ1) is 12.3. The Labute approximate surface area is 155 Å². The van der Waals surface area contributed by atoms with Crippen molar-refractivity contribution in [3.63, 3.8) is 0 Å². The summed E-state index contributed by atoms with van der Waals surface area (Å²) in [4.78, 5) is 29.3. The average molecular weight is 388 g/mol. The van der Waals surface area contributed by atoms with Crippen LogP contribution in [0.15, 0.2) is 0 Å². The minimum Gasteiger partial charge on any atom is -0.368 e. The maximum atomic E-state index is 12.9. The van der Waals surface area contributed by atoms with E-state index in [1.54, 1.807) is 4.90 Å². The van der Waals surface area contributed by atoms with Gasteiger partial charge < -0.3 is 15.0 Å². The predicted octanol–water partition coefficient (Wildman–Crippen LogP) is -0.753. The quantitative estimate of drug-likeness (QED) is 0.682. The molecule has 9 heteroatoms. The van der Waals surface area contributed by atoms with Gasteiger partial charge in [-0.05, 0) is 26.7 Å². The van der Waals surface area contributed by atoms with Crippen molar-refractivity contribution in [1.29, 1.82) is 0 Å². The Kier molecular flexibility index (Phi) is 5.88. The molecule has 0 aromatic rings. The molecule has 3 rings (SSSR count). The molecule has 0 saturated carbocycles. The summed E-state index contributed by atoms with van der Waals surface area (Å²) in [6.07, 6.45) is 0.939. The minimum atomic E-state index is -3.34. The molecular weight excluding hydrogens is 358 g/mol. The van der Waals surface area contributed by atoms with Gasteiger partial charge in [-0.1, -0.05) is 0 Å². The fraction of sp³-hybridized carbons (Fsp3) is 0.882. The number of rotatable bonds is 4. The molecule has 3 aliphatic heterocycles. The molecule has 3 saturated heterocycles. The van der Waals surface area contributed by atoms with Crippen molar-refractivity contribution in [3.05, 3.63) is 0 Å². The zero-order valence-corrected chi connectivity index (χ0v) is 16.3. The molecule has 0 spiro atoms. The van der Waals surface area contributed by atoms with Crippen LogP contribution in [0.2, 0.25) is 0 Å². The summed E-state index contributed by atoms with van der Waals surface area (Å²) >= 11 is 0. The van der Waals surface area contributed by atoms with Gasteiger partial charge in [0.05, 0.1) is 23.5 Å². The molecule has 3 fully saturated rings. The Bertz CT molecular complexity index is 637. The van der Waals surface area contributed by atoms with Gasteiger partial charge in [0.25, 0.3) is 0 Å². The number of carbonyl (C=O) groups is 2. The van der Waals surface area contributed by atoms with Gasteiger partial charge in [-0.25, -0.2) is 8.42 Å². The number of sulfone groups is 1. The lowest BCUT2D eigenvalue weighted by atomic mass is 10.0. The zero-order chi connectivity index (χ0) is 18.9. The number of hydrogen-bond acceptors (Lipinski definition) is 6. The van der Waals surface area contributed by atoms with E-state index in [4.69, 9.17) is 4.74 Å². The van der Waals surface area contributed by atoms with E-state index >= 15 is 0 Å². The van der Waals surface area contributed by atoms with E-state index in [-0.39, 0.29) is 23.3 Å². The smallest absolute Gasteiger partial charge is 0.249 e. The zero-order valence-electron chi connectivity index (χ0n) is 15.5. The molecule has 1 N–H and O–H groups in total. The lowest BCUT2D eigenvalue weighted by molar-refractivity contribution is -0.138. The van der Waals surface area contributed by atoms with Crippen LogP contribution in [-0.2, 0) is 24.2 Å². The highest BCUT2D eigenvalue weighted by Crippen LogP contribution is 2.24. The van der Waals surface area contributed by atoms with Gasteiger partial charge in [-0.2, -0.15) is 0 Å². The number of nitrogens with zero attached hydrogens (tertiary/aromatic N) is 2. The van der Waals surface area contributed by atoms with Crippen molar-refractivity contribution >= 4 is 21.7 Å². The summed E-state index contributed by atoms with van der Waals surface area (Å²) in [5, 5.41) is 2.77. The highest BCUT2D eigenvalue weighted by Gasteiger charge is 2.45. The molecule has 3 aliphatic rings. The van der Waals surface area contributed by atoms with Crippen LogP contribution in [0.1, 0.15) is 26.7 Å². The van der Waals surface area contributed by atoms with Gasteiger partial charge >= 0.3 is 0 Å². The molecule has 0 aromatic heterocycles. The van der Waals surface area contributed by atoms with Crippen LogP contribution >= 0.6 is 0 Å². The Morgan fingerprint density at radius 3 is 2.38 bits per heavy atom. The summed E-state index contributed by atoms with van der Waals surface area (Å²) < 4.78 is 29.6. The third-order valence-corrected chi connectivity index (χ3v) is 7.31. The summed E-state index contributed by atoms with van der Waals surface area (Å²) in [6, 6.07) is -0.232. The monoisotopic (exact) mass is 387 g/mol. The van der Waals surface area contributed by atoms with Crippen molar-refractivity contribution in [2.24, 2.45) is 5.92 Å². The number of nitrogens with one attached hydrogen (secondary N) is 1. The number of amides is 2. The lowest BCUT2D eigenvalue weighted by Crippen LogP contribution is -2.55. The summed E-state index contributed by atoms with van der Waals surface area (Å²) in [5.41, 5.74) is 0. The van der Waals surface area contributed by atoms with Crippen LogP contribution in [0.25, 0.3) is 0 Å². The molecule has 0 unspecified atom stereocenters. The highest BCUT2D eigenvalue weighted by molar-refractivity contribution is 7.91. The molecule has 0 aliphatic carbocycles. The van der Waals surface area contributed by atoms with Crippen LogP contribution in [0.4, 0.5) is 0 Å². The topological polar surface area (TPSA) is 96.0 Å². The number of hydrogen-bond donors (Lipinski definition) is 1. The second-order valence-electron chi connectivity index (χ2n) is 7.76. The van der Waals surface area contributed by atoms with Crippen LogP contribution in [-0.4, -0.2) is 92.5 Å². The van der Waals surface area contributed by atoms with E-state index in [1.807, 2.05) is 0 Å². The molecular formula is C17H29N3O5S. The molecule has 0 bridgehead atoms. The average Bonchev–Trinajstić information content (AvgIpc) is 3.22. The molecule has 26 heavy (non-hydrogen) atoms. The fourth-order valence-corrected chi connectivity index (χ4v) is 5.91. The van der Waals surface area contributed by atoms with Crippen LogP contribution in [0.5, 0.6) is 0 Å². The van der Waals surface area contributed by atoms with Gasteiger partial charge in [-0.15, -0.1) is 0 Å². The maximum Gasteiger partial charge on any atom is 0.249 e. The Morgan fingerprint density at radius 1 is 1.12 bits per heavy atom. The van der Waals surface area contributed by atoms with E-state index in [2.05, 4.69) is 24.1 Å². The molecule has 0 aromatic carbocycles. The van der Waals surface area contributed by atoms with Crippen molar-refractivity contribution in [3.8, 4) is 0 Å². The van der Waals surface area contributed by atoms with Crippen LogP contribution in [0, 0.1) is 5.92 Å². The van der Waals surface area contributed by atoms with E-state index in [1.165, 1.54) is 0 Å². The Hall–Kier alpha value is -1.19. The van der Waals surface area contributed by atoms with E-state index in [0.29, 0.717) is 32.2 Å². The number of piperazine rings is 1. The van der Waals surface area contributed by atoms with Crippen LogP contribution < -0.4 is 5.32 Å². The largest absolute Gasteiger partial charge is 0.368 e. The van der Waals surface area contributed by atoms with Gasteiger partial charge in [-0.3, -0.25) is 14.5 Å². The first kappa shape index (κ1) is 19.6. The van der Waals surface area contributed by atoms with E-state index in [9.17, 15) is 18.0 Å². The van der Waals surface area contributed by atoms with Gasteiger partial charge in [0.1, 0.15) is 6.10 Å². The molecule has 0 radical (unpaired) electrons. The third-order valence-electron chi connectivity index (χ3n) is 5.58. The predicted molar refractivity (Wildman–Crippen MR) is 96.3 cm³/mol. The van der Waals surface area contributed by atoms with Crippen molar-refractivity contribution < 1.29 is 22.7 Å². The standard InChI is InChI=1S/C17H29N3O5S/c1-12(2)19-5-7-20(8-6-19)17(22)13-10-26(23,24)11-14(13)18-16(21)15-4-3-9-25-15/h12-15H,3-11H2,1-2H3,(H,18,21)/t13-,14-,15+/m1/s1. The lowest BCUT2D eigenvalue weighted by Gasteiger charge is -2.38. The fourth-order valence-electron chi connectivity index (χ4n) is 3.99. The second kappa shape index (κ2) is 7.82. The summed E-state index contributed by atoms with van der Waals surface area (Å²) in [6.45, 7) is 7.56. The van der Waals surface area contributed by atoms with E-state index in [0.717, 1.165) is 19.5 Å². The molecule has 3 atom stereocenters. The third kappa shape index (κ3) is 4.37. The van der Waals surface area contributed by atoms with Crippen molar-refractivity contribution in [2.75, 3.05) is 44.3 Å². The second-order valence-corrected chi connectivity index (χ2v) is 9.91. The molecule has 8 nitrogen and oxygen atoms in total. The Balaban J connectivity index is 1.64. The number of carbonyl (C=O) groups excluding carboxylic acids is 2.